The number of imidazole rings is 1. The van der Waals surface area contributed by atoms with Gasteiger partial charge in [-0.3, -0.25) is 9.36 Å². The Morgan fingerprint density at radius 2 is 2.05 bits per heavy atom. The van der Waals surface area contributed by atoms with Crippen LogP contribution in [0.15, 0.2) is 52.1 Å². The second-order valence-corrected chi connectivity index (χ2v) is 4.39. The highest BCUT2D eigenvalue weighted by Crippen LogP contribution is 2.21. The molecule has 0 spiro atoms. The smallest absolute Gasteiger partial charge is 0.328 e. The van der Waals surface area contributed by atoms with E-state index in [9.17, 15) is 9.59 Å². The number of hydrogen-bond donors (Lipinski definition) is 0. The fraction of sp³-hybridized carbons (Fsp3) is 0.143. The molecule has 0 aliphatic heterocycles. The fourth-order valence-electron chi connectivity index (χ4n) is 2.06. The van der Waals surface area contributed by atoms with Crippen LogP contribution in [0.2, 0.25) is 0 Å². The zero-order valence-electron chi connectivity index (χ0n) is 10.4. The SMILES string of the molecule is Cn1ccn(CC(=O)c2coc3ccccc23)c1=O. The average molecular weight is 256 g/mol. The van der Waals surface area contributed by atoms with Crippen LogP contribution in [0.3, 0.4) is 0 Å². The molecule has 0 unspecified atom stereocenters. The molecule has 0 saturated carbocycles. The highest BCUT2D eigenvalue weighted by Gasteiger charge is 2.14. The second kappa shape index (κ2) is 4.28. The van der Waals surface area contributed by atoms with Gasteiger partial charge in [0, 0.05) is 24.8 Å². The number of furan rings is 1. The molecule has 96 valence electrons. The van der Waals surface area contributed by atoms with Gasteiger partial charge in [-0.05, 0) is 6.07 Å². The number of benzene rings is 1. The molecule has 19 heavy (non-hydrogen) atoms. The molecule has 0 fully saturated rings. The Hall–Kier alpha value is -2.56. The minimum Gasteiger partial charge on any atom is -0.464 e. The molecule has 3 aromatic rings. The molecule has 0 aliphatic rings. The van der Waals surface area contributed by atoms with Crippen LogP contribution >= 0.6 is 0 Å². The van der Waals surface area contributed by atoms with Gasteiger partial charge in [-0.1, -0.05) is 18.2 Å². The van der Waals surface area contributed by atoms with Crippen LogP contribution in [0.25, 0.3) is 11.0 Å². The van der Waals surface area contributed by atoms with Gasteiger partial charge in [0.25, 0.3) is 0 Å². The number of aryl methyl sites for hydroxylation is 1. The standard InChI is InChI=1S/C14H12N2O3/c1-15-6-7-16(14(15)18)8-12(17)11-9-19-13-5-3-2-4-10(11)13/h2-7,9H,8H2,1H3. The van der Waals surface area contributed by atoms with Crippen LogP contribution in [0.5, 0.6) is 0 Å². The van der Waals surface area contributed by atoms with E-state index < -0.39 is 0 Å². The van der Waals surface area contributed by atoms with E-state index >= 15 is 0 Å². The third-order valence-corrected chi connectivity index (χ3v) is 3.11. The molecule has 2 aromatic heterocycles. The first kappa shape index (κ1) is 11.5. The Morgan fingerprint density at radius 1 is 1.26 bits per heavy atom. The molecule has 3 rings (SSSR count). The van der Waals surface area contributed by atoms with E-state index in [1.807, 2.05) is 18.2 Å². The molecule has 0 atom stereocenters. The van der Waals surface area contributed by atoms with Crippen LogP contribution in [0.4, 0.5) is 0 Å². The van der Waals surface area contributed by atoms with Gasteiger partial charge in [-0.15, -0.1) is 0 Å². The monoisotopic (exact) mass is 256 g/mol. The third kappa shape index (κ3) is 1.89. The fourth-order valence-corrected chi connectivity index (χ4v) is 2.06. The number of hydrogen-bond acceptors (Lipinski definition) is 3. The van der Waals surface area contributed by atoms with Crippen molar-refractivity contribution in [3.05, 3.63) is 59.0 Å². The lowest BCUT2D eigenvalue weighted by molar-refractivity contribution is 0.0971. The lowest BCUT2D eigenvalue weighted by atomic mass is 10.1. The predicted molar refractivity (Wildman–Crippen MR) is 70.2 cm³/mol. The van der Waals surface area contributed by atoms with Crippen molar-refractivity contribution in [2.24, 2.45) is 7.05 Å². The highest BCUT2D eigenvalue weighted by molar-refractivity contribution is 6.06. The average Bonchev–Trinajstić information content (AvgIpc) is 2.97. The number of ketones is 1. The van der Waals surface area contributed by atoms with Gasteiger partial charge in [0.2, 0.25) is 0 Å². The van der Waals surface area contributed by atoms with Crippen molar-refractivity contribution in [2.45, 2.75) is 6.54 Å². The minimum absolute atomic E-state index is 0.0171. The Kier molecular flexibility index (Phi) is 2.59. The minimum atomic E-state index is -0.207. The second-order valence-electron chi connectivity index (χ2n) is 4.39. The van der Waals surface area contributed by atoms with Crippen LogP contribution in [0.1, 0.15) is 10.4 Å². The van der Waals surface area contributed by atoms with E-state index in [2.05, 4.69) is 0 Å². The summed E-state index contributed by atoms with van der Waals surface area (Å²) < 4.78 is 8.14. The summed E-state index contributed by atoms with van der Waals surface area (Å²) in [6.07, 6.45) is 4.67. The van der Waals surface area contributed by atoms with Crippen molar-refractivity contribution in [3.63, 3.8) is 0 Å². The summed E-state index contributed by atoms with van der Waals surface area (Å²) in [5.74, 6) is -0.141. The van der Waals surface area contributed by atoms with E-state index in [0.29, 0.717) is 11.1 Å². The van der Waals surface area contributed by atoms with Crippen molar-refractivity contribution in [3.8, 4) is 0 Å². The van der Waals surface area contributed by atoms with E-state index in [4.69, 9.17) is 4.42 Å². The molecule has 0 radical (unpaired) electrons. The van der Waals surface area contributed by atoms with E-state index in [1.165, 1.54) is 15.4 Å². The maximum Gasteiger partial charge on any atom is 0.328 e. The Labute approximate surface area is 108 Å². The number of carbonyl (C=O) groups excluding carboxylic acids is 1. The van der Waals surface area contributed by atoms with E-state index in [1.54, 1.807) is 25.5 Å². The summed E-state index contributed by atoms with van der Waals surface area (Å²) in [5, 5.41) is 0.775. The lowest BCUT2D eigenvalue weighted by Gasteiger charge is -1.99. The van der Waals surface area contributed by atoms with Gasteiger partial charge >= 0.3 is 5.69 Å². The highest BCUT2D eigenvalue weighted by atomic mass is 16.3. The molecule has 2 heterocycles. The first-order valence-electron chi connectivity index (χ1n) is 5.88. The van der Waals surface area contributed by atoms with E-state index in [0.717, 1.165) is 5.39 Å². The number of Topliss-reactive ketones (excluding diaryl/α,β-unsaturated/α-hetero) is 1. The molecular weight excluding hydrogens is 244 g/mol. The van der Waals surface area contributed by atoms with Crippen molar-refractivity contribution < 1.29 is 9.21 Å². The Morgan fingerprint density at radius 3 is 2.79 bits per heavy atom. The van der Waals surface area contributed by atoms with Gasteiger partial charge in [0.15, 0.2) is 5.78 Å². The Bertz CT molecular complexity index is 807. The molecule has 1 aromatic carbocycles. The van der Waals surface area contributed by atoms with Crippen LogP contribution in [-0.2, 0) is 13.6 Å². The normalized spacial score (nSPS) is 11.0. The van der Waals surface area contributed by atoms with E-state index in [-0.39, 0.29) is 18.0 Å². The van der Waals surface area contributed by atoms with Gasteiger partial charge in [-0.25, -0.2) is 4.79 Å². The number of para-hydroxylation sites is 1. The van der Waals surface area contributed by atoms with Gasteiger partial charge in [0.05, 0.1) is 12.1 Å². The maximum absolute atomic E-state index is 12.2. The summed E-state index contributed by atoms with van der Waals surface area (Å²) in [7, 11) is 1.65. The van der Waals surface area contributed by atoms with Gasteiger partial charge in [-0.2, -0.15) is 0 Å². The van der Waals surface area contributed by atoms with Crippen molar-refractivity contribution in [1.82, 2.24) is 9.13 Å². The van der Waals surface area contributed by atoms with Crippen LogP contribution in [-0.4, -0.2) is 14.9 Å². The Balaban J connectivity index is 1.96. The quantitative estimate of drug-likeness (QED) is 0.671. The summed E-state index contributed by atoms with van der Waals surface area (Å²) in [5.41, 5.74) is 0.971. The maximum atomic E-state index is 12.2. The number of aromatic nitrogens is 2. The zero-order chi connectivity index (χ0) is 13.4. The molecule has 5 heteroatoms. The summed E-state index contributed by atoms with van der Waals surface area (Å²) in [6.45, 7) is 0.0171. The molecular formula is C14H12N2O3. The van der Waals surface area contributed by atoms with Crippen LogP contribution in [0, 0.1) is 0 Å². The third-order valence-electron chi connectivity index (χ3n) is 3.11. The van der Waals surface area contributed by atoms with Gasteiger partial charge < -0.3 is 8.98 Å². The summed E-state index contributed by atoms with van der Waals surface area (Å²) in [4.78, 5) is 23.9. The lowest BCUT2D eigenvalue weighted by Crippen LogP contribution is -2.25. The van der Waals surface area contributed by atoms with Crippen molar-refractivity contribution >= 4 is 16.8 Å². The predicted octanol–water partition coefficient (Wildman–Crippen LogP) is 1.82. The molecule has 0 aliphatic carbocycles. The molecule has 5 nitrogen and oxygen atoms in total. The number of carbonyl (C=O) groups is 1. The molecule has 0 N–H and O–H groups in total. The van der Waals surface area contributed by atoms with Crippen molar-refractivity contribution in [1.29, 1.82) is 0 Å². The summed E-state index contributed by atoms with van der Waals surface area (Å²) >= 11 is 0. The first-order valence-corrected chi connectivity index (χ1v) is 5.88. The largest absolute Gasteiger partial charge is 0.464 e. The number of fused-ring (bicyclic) bond motifs is 1. The number of rotatable bonds is 3. The molecule has 0 bridgehead atoms. The topological polar surface area (TPSA) is 57.1 Å². The summed E-state index contributed by atoms with van der Waals surface area (Å²) in [6, 6.07) is 7.34. The molecule has 0 amide bonds. The zero-order valence-corrected chi connectivity index (χ0v) is 10.4. The van der Waals surface area contributed by atoms with Crippen LogP contribution < -0.4 is 5.69 Å². The molecule has 0 saturated heterocycles. The van der Waals surface area contributed by atoms with Crippen molar-refractivity contribution in [2.75, 3.05) is 0 Å². The number of nitrogens with zero attached hydrogens (tertiary/aromatic N) is 2. The van der Waals surface area contributed by atoms with Gasteiger partial charge in [0.1, 0.15) is 11.8 Å². The first-order chi connectivity index (χ1) is 9.16.